The van der Waals surface area contributed by atoms with Gasteiger partial charge >= 0.3 is 5.97 Å². The van der Waals surface area contributed by atoms with Gasteiger partial charge in [0.25, 0.3) is 0 Å². The highest BCUT2D eigenvalue weighted by Gasteiger charge is 2.26. The van der Waals surface area contributed by atoms with Gasteiger partial charge in [-0.2, -0.15) is 0 Å². The number of carboxylic acid groups (broad SMARTS) is 1. The van der Waals surface area contributed by atoms with Crippen LogP contribution in [0.5, 0.6) is 5.75 Å². The van der Waals surface area contributed by atoms with Crippen LogP contribution in [0.15, 0.2) is 22.7 Å². The van der Waals surface area contributed by atoms with Gasteiger partial charge in [-0.1, -0.05) is 15.9 Å². The summed E-state index contributed by atoms with van der Waals surface area (Å²) in [5.74, 6) is -0.883. The van der Waals surface area contributed by atoms with E-state index >= 15 is 0 Å². The maximum absolute atomic E-state index is 13.0. The molecule has 3 nitrogen and oxygen atoms in total. The zero-order valence-corrected chi connectivity index (χ0v) is 11.3. The highest BCUT2D eigenvalue weighted by molar-refractivity contribution is 9.10. The van der Waals surface area contributed by atoms with Crippen LogP contribution in [-0.4, -0.2) is 17.7 Å². The third kappa shape index (κ3) is 4.34. The summed E-state index contributed by atoms with van der Waals surface area (Å²) in [4.78, 5) is 10.8. The molecule has 0 unspecified atom stereocenters. The molecule has 0 aliphatic rings. The quantitative estimate of drug-likeness (QED) is 0.906. The van der Waals surface area contributed by atoms with Crippen molar-refractivity contribution in [2.75, 3.05) is 6.61 Å². The van der Waals surface area contributed by atoms with Crippen molar-refractivity contribution >= 4 is 21.9 Å². The number of halogens is 2. The number of benzene rings is 1. The minimum Gasteiger partial charge on any atom is -0.493 e. The minimum atomic E-state index is -0.874. The fraction of sp³-hybridized carbons (Fsp3) is 0.417. The zero-order chi connectivity index (χ0) is 13.1. The molecule has 0 fully saturated rings. The lowest BCUT2D eigenvalue weighted by Gasteiger charge is -2.18. The van der Waals surface area contributed by atoms with Crippen molar-refractivity contribution in [1.29, 1.82) is 0 Å². The Hall–Kier alpha value is -1.10. The van der Waals surface area contributed by atoms with Gasteiger partial charge in [-0.3, -0.25) is 4.79 Å². The molecule has 0 aliphatic heterocycles. The first kappa shape index (κ1) is 14.0. The van der Waals surface area contributed by atoms with Crippen molar-refractivity contribution in [2.24, 2.45) is 5.41 Å². The van der Waals surface area contributed by atoms with Crippen molar-refractivity contribution in [2.45, 2.75) is 20.3 Å². The van der Waals surface area contributed by atoms with E-state index in [1.165, 1.54) is 12.1 Å². The molecule has 5 heteroatoms. The van der Waals surface area contributed by atoms with E-state index in [0.29, 0.717) is 16.6 Å². The molecule has 1 aromatic rings. The summed E-state index contributed by atoms with van der Waals surface area (Å²) in [6.45, 7) is 3.48. The van der Waals surface area contributed by atoms with Crippen molar-refractivity contribution in [1.82, 2.24) is 0 Å². The Morgan fingerprint density at radius 2 is 2.12 bits per heavy atom. The Morgan fingerprint density at radius 1 is 1.47 bits per heavy atom. The van der Waals surface area contributed by atoms with Crippen LogP contribution < -0.4 is 4.74 Å². The second-order valence-corrected chi connectivity index (χ2v) is 5.31. The van der Waals surface area contributed by atoms with Crippen LogP contribution in [0.4, 0.5) is 4.39 Å². The molecule has 0 heterocycles. The highest BCUT2D eigenvalue weighted by atomic mass is 79.9. The van der Waals surface area contributed by atoms with E-state index in [9.17, 15) is 9.18 Å². The molecular weight excluding hydrogens is 291 g/mol. The van der Waals surface area contributed by atoms with Crippen molar-refractivity contribution in [3.63, 3.8) is 0 Å². The second kappa shape index (κ2) is 5.49. The standard InChI is InChI=1S/C12H14BrFO3/c1-12(2,11(15)16)3-4-17-10-6-8(13)5-9(14)7-10/h5-7H,3-4H2,1-2H3,(H,15,16). The number of hydrogen-bond donors (Lipinski definition) is 1. The molecule has 17 heavy (non-hydrogen) atoms. The fourth-order valence-corrected chi connectivity index (χ4v) is 1.59. The fourth-order valence-electron chi connectivity index (χ4n) is 1.14. The van der Waals surface area contributed by atoms with E-state index in [1.54, 1.807) is 19.9 Å². The normalized spacial score (nSPS) is 11.3. The van der Waals surface area contributed by atoms with Crippen LogP contribution in [0.25, 0.3) is 0 Å². The first-order valence-corrected chi connectivity index (χ1v) is 5.93. The molecule has 0 atom stereocenters. The molecule has 0 bridgehead atoms. The number of aliphatic carboxylic acids is 1. The Bertz CT molecular complexity index is 398. The van der Waals surface area contributed by atoms with Gasteiger partial charge in [0.1, 0.15) is 11.6 Å². The molecule has 0 spiro atoms. The van der Waals surface area contributed by atoms with Crippen LogP contribution in [0.3, 0.4) is 0 Å². The van der Waals surface area contributed by atoms with E-state index in [2.05, 4.69) is 15.9 Å². The topological polar surface area (TPSA) is 46.5 Å². The summed E-state index contributed by atoms with van der Waals surface area (Å²) in [5.41, 5.74) is -0.843. The lowest BCUT2D eigenvalue weighted by atomic mass is 9.90. The van der Waals surface area contributed by atoms with Crippen molar-refractivity contribution in [3.05, 3.63) is 28.5 Å². The SMILES string of the molecule is CC(C)(CCOc1cc(F)cc(Br)c1)C(=O)O. The van der Waals surface area contributed by atoms with Gasteiger partial charge in [-0.15, -0.1) is 0 Å². The lowest BCUT2D eigenvalue weighted by Crippen LogP contribution is -2.25. The Kier molecular flexibility index (Phi) is 4.51. The minimum absolute atomic E-state index is 0.231. The molecule has 1 rings (SSSR count). The summed E-state index contributed by atoms with van der Waals surface area (Å²) in [7, 11) is 0. The maximum Gasteiger partial charge on any atom is 0.309 e. The first-order chi connectivity index (χ1) is 7.81. The molecule has 0 saturated heterocycles. The number of ether oxygens (including phenoxy) is 1. The molecule has 0 radical (unpaired) electrons. The van der Waals surface area contributed by atoms with Gasteiger partial charge in [-0.25, -0.2) is 4.39 Å². The average Bonchev–Trinajstić information content (AvgIpc) is 2.15. The first-order valence-electron chi connectivity index (χ1n) is 5.13. The predicted octanol–water partition coefficient (Wildman–Crippen LogP) is 3.47. The molecule has 0 aliphatic carbocycles. The van der Waals surface area contributed by atoms with Gasteiger partial charge in [0.2, 0.25) is 0 Å². The van der Waals surface area contributed by atoms with Gasteiger partial charge in [-0.05, 0) is 32.4 Å². The van der Waals surface area contributed by atoms with Crippen molar-refractivity contribution in [3.8, 4) is 5.75 Å². The average molecular weight is 305 g/mol. The third-order valence-corrected chi connectivity index (χ3v) is 2.87. The van der Waals surface area contributed by atoms with Gasteiger partial charge in [0.15, 0.2) is 0 Å². The van der Waals surface area contributed by atoms with Crippen LogP contribution in [0.2, 0.25) is 0 Å². The number of carboxylic acids is 1. The lowest BCUT2D eigenvalue weighted by molar-refractivity contribution is -0.147. The molecule has 0 saturated carbocycles. The van der Waals surface area contributed by atoms with E-state index in [1.807, 2.05) is 0 Å². The zero-order valence-electron chi connectivity index (χ0n) is 9.67. The maximum atomic E-state index is 13.0. The van der Waals surface area contributed by atoms with Crippen LogP contribution in [-0.2, 0) is 4.79 Å². The van der Waals surface area contributed by atoms with Crippen molar-refractivity contribution < 1.29 is 19.0 Å². The molecule has 1 aromatic carbocycles. The van der Waals surface area contributed by atoms with E-state index < -0.39 is 17.2 Å². The Morgan fingerprint density at radius 3 is 2.65 bits per heavy atom. The summed E-state index contributed by atoms with van der Waals surface area (Å²) in [5, 5.41) is 8.90. The van der Waals surface area contributed by atoms with Gasteiger partial charge in [0.05, 0.1) is 12.0 Å². The largest absolute Gasteiger partial charge is 0.493 e. The van der Waals surface area contributed by atoms with Crippen LogP contribution >= 0.6 is 15.9 Å². The number of hydrogen-bond acceptors (Lipinski definition) is 2. The van der Waals surface area contributed by atoms with Gasteiger partial charge < -0.3 is 9.84 Å². The molecule has 94 valence electrons. The summed E-state index contributed by atoms with van der Waals surface area (Å²) < 4.78 is 18.9. The van der Waals surface area contributed by atoms with E-state index in [4.69, 9.17) is 9.84 Å². The second-order valence-electron chi connectivity index (χ2n) is 4.39. The van der Waals surface area contributed by atoms with Gasteiger partial charge in [0, 0.05) is 10.5 Å². The Labute approximate surface area is 108 Å². The molecule has 1 N–H and O–H groups in total. The van der Waals surface area contributed by atoms with Crippen LogP contribution in [0.1, 0.15) is 20.3 Å². The summed E-state index contributed by atoms with van der Waals surface area (Å²) in [6.07, 6.45) is 0.358. The smallest absolute Gasteiger partial charge is 0.309 e. The molecule has 0 amide bonds. The highest BCUT2D eigenvalue weighted by Crippen LogP contribution is 2.23. The summed E-state index contributed by atoms with van der Waals surface area (Å²) in [6, 6.07) is 4.23. The molecular formula is C12H14BrFO3. The number of rotatable bonds is 5. The third-order valence-electron chi connectivity index (χ3n) is 2.41. The summed E-state index contributed by atoms with van der Waals surface area (Å²) >= 11 is 3.15. The predicted molar refractivity (Wildman–Crippen MR) is 65.6 cm³/mol. The van der Waals surface area contributed by atoms with E-state index in [-0.39, 0.29) is 6.61 Å². The van der Waals surface area contributed by atoms with E-state index in [0.717, 1.165) is 0 Å². The Balaban J connectivity index is 2.54. The number of carbonyl (C=O) groups is 1. The van der Waals surface area contributed by atoms with Crippen LogP contribution in [0, 0.1) is 11.2 Å². The molecule has 0 aromatic heterocycles. The monoisotopic (exact) mass is 304 g/mol.